The molecule has 304 valence electrons. The Bertz CT molecular complexity index is 1860. The molecule has 0 saturated carbocycles. The number of hydrogen-bond acceptors (Lipinski definition) is 12. The summed E-state index contributed by atoms with van der Waals surface area (Å²) < 4.78 is 0. The SMILES string of the molecule is Cc1ccc(CN2OCCC(Br)C2=O)cc1.Cc1ccc(CN2OCCC(N3CCN(c4ccc(O)cn4)CC3)C2=O)cc1.Oc1ccc(N2CCNCC2)nc1. The summed E-state index contributed by atoms with van der Waals surface area (Å²) in [6, 6.07) is 23.2. The maximum atomic E-state index is 13.0. The van der Waals surface area contributed by atoms with Crippen LogP contribution in [-0.2, 0) is 32.4 Å². The first-order valence-electron chi connectivity index (χ1n) is 19.5. The van der Waals surface area contributed by atoms with Crippen LogP contribution in [0.5, 0.6) is 11.5 Å². The average molecular weight is 846 g/mol. The molecule has 8 rings (SSSR count). The number of piperazine rings is 2. The topological polar surface area (TPSA) is 147 Å². The van der Waals surface area contributed by atoms with E-state index in [4.69, 9.17) is 14.8 Å². The van der Waals surface area contributed by atoms with Crippen molar-refractivity contribution in [2.75, 3.05) is 75.4 Å². The van der Waals surface area contributed by atoms with Crippen molar-refractivity contribution in [2.24, 2.45) is 0 Å². The van der Waals surface area contributed by atoms with E-state index in [0.29, 0.717) is 26.3 Å². The van der Waals surface area contributed by atoms with Crippen molar-refractivity contribution in [1.82, 2.24) is 30.3 Å². The molecule has 57 heavy (non-hydrogen) atoms. The molecular formula is C42H53BrN8O6. The van der Waals surface area contributed by atoms with Crippen LogP contribution in [0.15, 0.2) is 85.2 Å². The lowest BCUT2D eigenvalue weighted by atomic mass is 10.1. The van der Waals surface area contributed by atoms with E-state index in [1.165, 1.54) is 33.6 Å². The number of aryl methyl sites for hydroxylation is 2. The Hall–Kier alpha value is -4.80. The number of aromatic hydroxyl groups is 2. The number of hydroxylamine groups is 4. The maximum Gasteiger partial charge on any atom is 0.263 e. The summed E-state index contributed by atoms with van der Waals surface area (Å²) in [5, 5.41) is 24.7. The molecule has 0 aliphatic carbocycles. The number of benzene rings is 2. The van der Waals surface area contributed by atoms with Crippen LogP contribution in [-0.4, -0.2) is 123 Å². The lowest BCUT2D eigenvalue weighted by Crippen LogP contribution is -2.58. The minimum absolute atomic E-state index is 0.00632. The first-order valence-corrected chi connectivity index (χ1v) is 20.4. The zero-order valence-electron chi connectivity index (χ0n) is 32.7. The van der Waals surface area contributed by atoms with E-state index in [-0.39, 0.29) is 34.2 Å². The Balaban J connectivity index is 0.000000160. The second kappa shape index (κ2) is 20.6. The molecule has 4 saturated heterocycles. The smallest absolute Gasteiger partial charge is 0.263 e. The van der Waals surface area contributed by atoms with E-state index in [9.17, 15) is 14.7 Å². The van der Waals surface area contributed by atoms with Crippen molar-refractivity contribution < 1.29 is 29.5 Å². The Morgan fingerprint density at radius 2 is 1.12 bits per heavy atom. The number of carbonyl (C=O) groups excluding carboxylic acids is 2. The molecule has 15 heteroatoms. The van der Waals surface area contributed by atoms with Crippen molar-refractivity contribution >= 4 is 39.4 Å². The molecule has 6 heterocycles. The van der Waals surface area contributed by atoms with Gasteiger partial charge in [-0.1, -0.05) is 75.6 Å². The van der Waals surface area contributed by atoms with Gasteiger partial charge in [0.2, 0.25) is 0 Å². The highest BCUT2D eigenvalue weighted by molar-refractivity contribution is 9.10. The van der Waals surface area contributed by atoms with Gasteiger partial charge in [-0.25, -0.2) is 20.1 Å². The highest BCUT2D eigenvalue weighted by Crippen LogP contribution is 2.23. The average Bonchev–Trinajstić information content (AvgIpc) is 3.23. The van der Waals surface area contributed by atoms with E-state index in [2.05, 4.69) is 65.0 Å². The quantitative estimate of drug-likeness (QED) is 0.224. The van der Waals surface area contributed by atoms with Crippen molar-refractivity contribution in [3.63, 3.8) is 0 Å². The van der Waals surface area contributed by atoms with E-state index in [1.807, 2.05) is 55.5 Å². The van der Waals surface area contributed by atoms with E-state index in [0.717, 1.165) is 88.0 Å². The van der Waals surface area contributed by atoms with Gasteiger partial charge in [0.15, 0.2) is 0 Å². The number of rotatable bonds is 7. The Morgan fingerprint density at radius 3 is 1.61 bits per heavy atom. The van der Waals surface area contributed by atoms with Crippen molar-refractivity contribution in [1.29, 1.82) is 0 Å². The van der Waals surface area contributed by atoms with Crippen molar-refractivity contribution in [3.8, 4) is 11.5 Å². The molecule has 0 radical (unpaired) electrons. The molecule has 2 atom stereocenters. The fourth-order valence-corrected chi connectivity index (χ4v) is 7.24. The number of anilines is 2. The zero-order chi connectivity index (χ0) is 40.1. The van der Waals surface area contributed by atoms with Gasteiger partial charge in [-0.2, -0.15) is 0 Å². The number of hydrogen-bond donors (Lipinski definition) is 3. The molecule has 2 aromatic heterocycles. The first-order chi connectivity index (χ1) is 27.6. The van der Waals surface area contributed by atoms with E-state index < -0.39 is 0 Å². The van der Waals surface area contributed by atoms with Gasteiger partial charge in [-0.3, -0.25) is 24.2 Å². The van der Waals surface area contributed by atoms with Gasteiger partial charge in [-0.05, 0) is 62.1 Å². The van der Waals surface area contributed by atoms with Crippen LogP contribution in [0, 0.1) is 13.8 Å². The second-order valence-corrected chi connectivity index (χ2v) is 15.6. The molecule has 4 aliphatic heterocycles. The summed E-state index contributed by atoms with van der Waals surface area (Å²) in [6.45, 7) is 13.4. The van der Waals surface area contributed by atoms with Crippen molar-refractivity contribution in [2.45, 2.75) is 50.6 Å². The fraction of sp³-hybridized carbons (Fsp3) is 0.429. The van der Waals surface area contributed by atoms with Gasteiger partial charge in [0.1, 0.15) is 23.1 Å². The van der Waals surface area contributed by atoms with Gasteiger partial charge in [-0.15, -0.1) is 0 Å². The summed E-state index contributed by atoms with van der Waals surface area (Å²) in [4.78, 5) is 50.7. The predicted octanol–water partition coefficient (Wildman–Crippen LogP) is 4.57. The van der Waals surface area contributed by atoms with Crippen LogP contribution in [0.1, 0.15) is 35.1 Å². The highest BCUT2D eigenvalue weighted by Gasteiger charge is 2.36. The van der Waals surface area contributed by atoms with Crippen LogP contribution < -0.4 is 15.1 Å². The summed E-state index contributed by atoms with van der Waals surface area (Å²) in [5.41, 5.74) is 4.57. The number of aromatic nitrogens is 2. The molecule has 14 nitrogen and oxygen atoms in total. The molecule has 0 spiro atoms. The molecule has 2 amide bonds. The van der Waals surface area contributed by atoms with Crippen LogP contribution in [0.25, 0.3) is 0 Å². The van der Waals surface area contributed by atoms with Crippen LogP contribution in [0.2, 0.25) is 0 Å². The Kier molecular flexibility index (Phi) is 15.1. The van der Waals surface area contributed by atoms with Crippen molar-refractivity contribution in [3.05, 3.63) is 107 Å². The number of nitrogens with zero attached hydrogens (tertiary/aromatic N) is 7. The van der Waals surface area contributed by atoms with Crippen LogP contribution in [0.4, 0.5) is 11.6 Å². The molecular weight excluding hydrogens is 792 g/mol. The fourth-order valence-electron chi connectivity index (χ4n) is 6.83. The first kappa shape index (κ1) is 41.8. The van der Waals surface area contributed by atoms with E-state index >= 15 is 0 Å². The Labute approximate surface area is 343 Å². The van der Waals surface area contributed by atoms with Gasteiger partial charge >= 0.3 is 0 Å². The largest absolute Gasteiger partial charge is 0.506 e. The monoisotopic (exact) mass is 844 g/mol. The summed E-state index contributed by atoms with van der Waals surface area (Å²) >= 11 is 3.35. The molecule has 4 aliphatic rings. The third-order valence-corrected chi connectivity index (χ3v) is 11.0. The summed E-state index contributed by atoms with van der Waals surface area (Å²) in [6.07, 6.45) is 4.41. The number of alkyl halides is 1. The summed E-state index contributed by atoms with van der Waals surface area (Å²) in [5.74, 6) is 2.24. The van der Waals surface area contributed by atoms with Gasteiger partial charge in [0.05, 0.1) is 49.6 Å². The minimum Gasteiger partial charge on any atom is -0.506 e. The van der Waals surface area contributed by atoms with Gasteiger partial charge in [0, 0.05) is 52.4 Å². The molecule has 2 aromatic carbocycles. The van der Waals surface area contributed by atoms with Gasteiger partial charge < -0.3 is 25.3 Å². The summed E-state index contributed by atoms with van der Waals surface area (Å²) in [7, 11) is 0. The number of carbonyl (C=O) groups is 2. The molecule has 2 unspecified atom stereocenters. The number of pyridine rings is 2. The van der Waals surface area contributed by atoms with Crippen LogP contribution >= 0.6 is 15.9 Å². The normalized spacial score (nSPS) is 20.3. The lowest BCUT2D eigenvalue weighted by molar-refractivity contribution is -0.211. The molecule has 0 bridgehead atoms. The van der Waals surface area contributed by atoms with Crippen LogP contribution in [0.3, 0.4) is 0 Å². The third-order valence-electron chi connectivity index (χ3n) is 10.2. The second-order valence-electron chi connectivity index (χ2n) is 14.5. The minimum atomic E-state index is -0.130. The molecule has 4 fully saturated rings. The predicted molar refractivity (Wildman–Crippen MR) is 222 cm³/mol. The number of halogens is 1. The number of nitrogens with one attached hydrogen (secondary N) is 1. The molecule has 4 aromatic rings. The highest BCUT2D eigenvalue weighted by atomic mass is 79.9. The molecule has 3 N–H and O–H groups in total. The lowest BCUT2D eigenvalue weighted by Gasteiger charge is -2.42. The zero-order valence-corrected chi connectivity index (χ0v) is 34.3. The maximum absolute atomic E-state index is 13.0. The standard InChI is InChI=1S/C21H26N4O3.C12H14BrNO2.C9H13N3O/c1-16-2-4-17(5-3-16)15-25-21(27)19(8-13-28-25)23-9-11-24(12-10-23)20-7-6-18(26)14-22-20;1-9-2-4-10(5-3-9)8-14-12(15)11(13)6-7-16-14;13-8-1-2-9(11-7-8)12-5-3-10-4-6-12/h2-7,14,19,26H,8-13,15H2,1H3;2-5,11H,6-8H2,1H3;1-2,7,10,13H,3-6H2. The third kappa shape index (κ3) is 12.1. The number of amides is 2. The van der Waals surface area contributed by atoms with E-state index in [1.54, 1.807) is 12.1 Å². The van der Waals surface area contributed by atoms with Gasteiger partial charge in [0.25, 0.3) is 11.8 Å². The Morgan fingerprint density at radius 1 is 0.649 bits per heavy atom.